The first-order valence-electron chi connectivity index (χ1n) is 11.1. The number of nitrogens with zero attached hydrogens (tertiary/aromatic N) is 3. The second-order valence-corrected chi connectivity index (χ2v) is 8.23. The summed E-state index contributed by atoms with van der Waals surface area (Å²) in [6.45, 7) is 0.467. The number of hydrogen-bond acceptors (Lipinski definition) is 3. The Morgan fingerprint density at radius 2 is 1.79 bits per heavy atom. The smallest absolute Gasteiger partial charge is 0.267 e. The molecule has 4 aromatic rings. The predicted octanol–water partition coefficient (Wildman–Crippen LogP) is 4.08. The zero-order valence-corrected chi connectivity index (χ0v) is 18.9. The van der Waals surface area contributed by atoms with Gasteiger partial charge in [0.15, 0.2) is 0 Å². The van der Waals surface area contributed by atoms with Gasteiger partial charge in [-0.05, 0) is 42.7 Å². The Bertz CT molecular complexity index is 1250. The van der Waals surface area contributed by atoms with Gasteiger partial charge >= 0.3 is 0 Å². The van der Waals surface area contributed by atoms with Gasteiger partial charge in [0, 0.05) is 44.5 Å². The van der Waals surface area contributed by atoms with Crippen LogP contribution in [0.2, 0.25) is 0 Å². The molecule has 1 N–H and O–H groups in total. The Morgan fingerprint density at radius 1 is 1.03 bits per heavy atom. The highest BCUT2D eigenvalue weighted by molar-refractivity contribution is 5.97. The van der Waals surface area contributed by atoms with Crippen LogP contribution in [0.1, 0.15) is 32.8 Å². The number of para-hydroxylation sites is 1. The number of fused-ring (bicyclic) bond motifs is 1. The summed E-state index contributed by atoms with van der Waals surface area (Å²) < 4.78 is 1.79. The van der Waals surface area contributed by atoms with Crippen molar-refractivity contribution in [1.29, 1.82) is 0 Å². The summed E-state index contributed by atoms with van der Waals surface area (Å²) in [5.41, 5.74) is 3.18. The molecule has 4 rings (SSSR count). The fourth-order valence-electron chi connectivity index (χ4n) is 4.02. The number of likely N-dealkylation sites (N-methyl/N-ethyl adjacent to an activating group) is 1. The lowest BCUT2D eigenvalue weighted by atomic mass is 10.0. The van der Waals surface area contributed by atoms with Gasteiger partial charge in [0.2, 0.25) is 0 Å². The lowest BCUT2D eigenvalue weighted by Gasteiger charge is -2.29. The number of hydrogen-bond donors (Lipinski definition) is 1. The molecule has 1 atom stereocenters. The third-order valence-corrected chi connectivity index (χ3v) is 5.96. The van der Waals surface area contributed by atoms with Gasteiger partial charge in [-0.3, -0.25) is 14.6 Å². The van der Waals surface area contributed by atoms with Crippen LogP contribution in [0, 0.1) is 0 Å². The van der Waals surface area contributed by atoms with Crippen LogP contribution in [0.4, 0.5) is 0 Å². The van der Waals surface area contributed by atoms with Crippen molar-refractivity contribution in [2.45, 2.75) is 18.9 Å². The molecule has 2 aromatic carbocycles. The maximum Gasteiger partial charge on any atom is 0.267 e. The maximum atomic E-state index is 13.3. The molecule has 0 saturated carbocycles. The van der Waals surface area contributed by atoms with E-state index in [4.69, 9.17) is 0 Å². The molecule has 2 aromatic heterocycles. The molecule has 0 bridgehead atoms. The molecular weight excluding hydrogens is 412 g/mol. The second kappa shape index (κ2) is 10.1. The van der Waals surface area contributed by atoms with Gasteiger partial charge in [0.1, 0.15) is 5.69 Å². The molecular formula is C27H28N4O2. The topological polar surface area (TPSA) is 67.2 Å². The number of pyridine rings is 1. The first-order chi connectivity index (χ1) is 16.0. The average Bonchev–Trinajstić information content (AvgIpc) is 3.28. The number of benzene rings is 2. The highest BCUT2D eigenvalue weighted by atomic mass is 16.2. The summed E-state index contributed by atoms with van der Waals surface area (Å²) in [6, 6.07) is 23.3. The van der Waals surface area contributed by atoms with Crippen molar-refractivity contribution < 1.29 is 9.59 Å². The number of amides is 2. The van der Waals surface area contributed by atoms with Gasteiger partial charge in [0.05, 0.1) is 11.1 Å². The maximum absolute atomic E-state index is 13.3. The number of aryl methyl sites for hydroxylation is 1. The van der Waals surface area contributed by atoms with Crippen LogP contribution in [0.3, 0.4) is 0 Å². The molecule has 0 radical (unpaired) electrons. The van der Waals surface area contributed by atoms with Crippen molar-refractivity contribution >= 4 is 22.7 Å². The Balaban J connectivity index is 1.49. The number of nitrogens with one attached hydrogen (secondary N) is 1. The summed E-state index contributed by atoms with van der Waals surface area (Å²) in [5.74, 6) is -0.198. The molecule has 0 aliphatic carbocycles. The Kier molecular flexibility index (Phi) is 6.83. The summed E-state index contributed by atoms with van der Waals surface area (Å²) in [5, 5.41) is 3.93. The molecule has 0 aliphatic rings. The van der Waals surface area contributed by atoms with Crippen molar-refractivity contribution in [3.63, 3.8) is 0 Å². The number of carbonyl (C=O) groups excluding carboxylic acids is 2. The minimum absolute atomic E-state index is 0.0806. The van der Waals surface area contributed by atoms with E-state index in [0.717, 1.165) is 16.5 Å². The van der Waals surface area contributed by atoms with Crippen LogP contribution in [0.15, 0.2) is 85.2 Å². The highest BCUT2D eigenvalue weighted by Gasteiger charge is 2.22. The van der Waals surface area contributed by atoms with Crippen LogP contribution in [-0.4, -0.2) is 45.9 Å². The van der Waals surface area contributed by atoms with Crippen molar-refractivity contribution in [2.24, 2.45) is 7.05 Å². The van der Waals surface area contributed by atoms with Crippen LogP contribution in [0.25, 0.3) is 10.9 Å². The van der Waals surface area contributed by atoms with Crippen molar-refractivity contribution in [1.82, 2.24) is 19.8 Å². The fraction of sp³-hybridized carbons (Fsp3) is 0.222. The normalized spacial score (nSPS) is 11.8. The van der Waals surface area contributed by atoms with E-state index in [0.29, 0.717) is 30.6 Å². The molecule has 0 fully saturated rings. The fourth-order valence-corrected chi connectivity index (χ4v) is 4.02. The van der Waals surface area contributed by atoms with Crippen LogP contribution < -0.4 is 5.32 Å². The van der Waals surface area contributed by atoms with Crippen molar-refractivity contribution in [3.05, 3.63) is 102 Å². The highest BCUT2D eigenvalue weighted by Crippen LogP contribution is 2.17. The van der Waals surface area contributed by atoms with Gasteiger partial charge in [-0.2, -0.15) is 0 Å². The lowest BCUT2D eigenvalue weighted by Crippen LogP contribution is -2.41. The van der Waals surface area contributed by atoms with E-state index in [9.17, 15) is 9.59 Å². The molecule has 0 unspecified atom stereocenters. The molecule has 6 nitrogen and oxygen atoms in total. The predicted molar refractivity (Wildman–Crippen MR) is 130 cm³/mol. The minimum Gasteiger partial charge on any atom is -0.351 e. The Morgan fingerprint density at radius 3 is 2.55 bits per heavy atom. The first-order valence-corrected chi connectivity index (χ1v) is 11.1. The molecule has 0 spiro atoms. The number of carbonyl (C=O) groups is 2. The molecule has 168 valence electrons. The zero-order chi connectivity index (χ0) is 23.2. The van der Waals surface area contributed by atoms with E-state index in [1.807, 2.05) is 74.9 Å². The monoisotopic (exact) mass is 440 g/mol. The van der Waals surface area contributed by atoms with E-state index in [1.54, 1.807) is 21.7 Å². The van der Waals surface area contributed by atoms with E-state index in [1.165, 1.54) is 0 Å². The van der Waals surface area contributed by atoms with Crippen LogP contribution in [-0.2, 0) is 13.5 Å². The second-order valence-electron chi connectivity index (χ2n) is 8.23. The van der Waals surface area contributed by atoms with Gasteiger partial charge in [-0.15, -0.1) is 0 Å². The third kappa shape index (κ3) is 5.29. The van der Waals surface area contributed by atoms with Gasteiger partial charge < -0.3 is 14.8 Å². The first kappa shape index (κ1) is 22.3. The number of aromatic nitrogens is 2. The number of rotatable bonds is 8. The summed E-state index contributed by atoms with van der Waals surface area (Å²) in [4.78, 5) is 32.1. The average molecular weight is 441 g/mol. The molecule has 0 aliphatic heterocycles. The largest absolute Gasteiger partial charge is 0.351 e. The zero-order valence-electron chi connectivity index (χ0n) is 18.9. The van der Waals surface area contributed by atoms with Gasteiger partial charge in [-0.1, -0.05) is 48.5 Å². The molecule has 33 heavy (non-hydrogen) atoms. The lowest BCUT2D eigenvalue weighted by molar-refractivity contribution is 0.0722. The SMILES string of the molecule is CN(C(=O)c1cnc2ccccc2c1)[C@H](CCNC(=O)c1cccn1C)Cc1ccccc1. The van der Waals surface area contributed by atoms with Crippen molar-refractivity contribution in [3.8, 4) is 0 Å². The standard InChI is InChI=1S/C27H28N4O2/c1-30-16-8-13-25(30)26(32)28-15-14-23(17-20-9-4-3-5-10-20)31(2)27(33)22-18-21-11-6-7-12-24(21)29-19-22/h3-13,16,18-19,23H,14-15,17H2,1-2H3,(H,28,32)/t23-/m1/s1. The van der Waals surface area contributed by atoms with E-state index in [-0.39, 0.29) is 17.9 Å². The summed E-state index contributed by atoms with van der Waals surface area (Å²) in [7, 11) is 3.67. The Hall–Kier alpha value is -3.93. The Labute approximate surface area is 193 Å². The summed E-state index contributed by atoms with van der Waals surface area (Å²) >= 11 is 0. The molecule has 6 heteroatoms. The van der Waals surface area contributed by atoms with E-state index in [2.05, 4.69) is 22.4 Å². The quantitative estimate of drug-likeness (QED) is 0.449. The van der Waals surface area contributed by atoms with Crippen LogP contribution >= 0.6 is 0 Å². The minimum atomic E-state index is -0.117. The van der Waals surface area contributed by atoms with Gasteiger partial charge in [0.25, 0.3) is 11.8 Å². The van der Waals surface area contributed by atoms with E-state index < -0.39 is 0 Å². The molecule has 2 amide bonds. The summed E-state index contributed by atoms with van der Waals surface area (Å²) in [6.07, 6.45) is 4.81. The third-order valence-electron chi connectivity index (χ3n) is 5.96. The molecule has 0 saturated heterocycles. The van der Waals surface area contributed by atoms with Gasteiger partial charge in [-0.25, -0.2) is 0 Å². The van der Waals surface area contributed by atoms with Crippen LogP contribution in [0.5, 0.6) is 0 Å². The van der Waals surface area contributed by atoms with Crippen molar-refractivity contribution in [2.75, 3.05) is 13.6 Å². The van der Waals surface area contributed by atoms with E-state index >= 15 is 0 Å². The molecule has 2 heterocycles.